The lowest BCUT2D eigenvalue weighted by Gasteiger charge is -2.36. The fourth-order valence-corrected chi connectivity index (χ4v) is 4.19. The number of piperidine rings is 1. The van der Waals surface area contributed by atoms with Crippen LogP contribution < -0.4 is 5.56 Å². The lowest BCUT2D eigenvalue weighted by molar-refractivity contribution is -0.138. The number of nitrogens with zero attached hydrogens (tertiary/aromatic N) is 4. The summed E-state index contributed by atoms with van der Waals surface area (Å²) in [6.45, 7) is 6.89. The van der Waals surface area contributed by atoms with Gasteiger partial charge in [-0.3, -0.25) is 14.0 Å². The number of fused-ring (bicyclic) bond motifs is 2. The Morgan fingerprint density at radius 2 is 1.97 bits per heavy atom. The summed E-state index contributed by atoms with van der Waals surface area (Å²) in [5, 5.41) is 0. The smallest absolute Gasteiger partial charge is 0.410 e. The van der Waals surface area contributed by atoms with Gasteiger partial charge in [0, 0.05) is 32.3 Å². The summed E-state index contributed by atoms with van der Waals surface area (Å²) in [7, 11) is 0. The Kier molecular flexibility index (Phi) is 5.45. The zero-order chi connectivity index (χ0) is 22.3. The molecule has 0 aromatic carbocycles. The number of hydrogen-bond donors (Lipinski definition) is 0. The van der Waals surface area contributed by atoms with Gasteiger partial charge in [0.15, 0.2) is 0 Å². The molecule has 8 nitrogen and oxygen atoms in total. The fourth-order valence-electron chi connectivity index (χ4n) is 4.19. The van der Waals surface area contributed by atoms with Crippen LogP contribution in [0.5, 0.6) is 0 Å². The molecule has 0 saturated carbocycles. The van der Waals surface area contributed by atoms with E-state index in [4.69, 9.17) is 4.74 Å². The van der Waals surface area contributed by atoms with Gasteiger partial charge in [0.1, 0.15) is 17.1 Å². The molecule has 31 heavy (non-hydrogen) atoms. The van der Waals surface area contributed by atoms with E-state index in [2.05, 4.69) is 4.98 Å². The van der Waals surface area contributed by atoms with Gasteiger partial charge in [0.05, 0.1) is 23.7 Å². The largest absolute Gasteiger partial charge is 0.444 e. The van der Waals surface area contributed by atoms with E-state index in [1.165, 1.54) is 16.5 Å². The summed E-state index contributed by atoms with van der Waals surface area (Å²) >= 11 is 0. The quantitative estimate of drug-likeness (QED) is 0.694. The second kappa shape index (κ2) is 7.94. The van der Waals surface area contributed by atoms with Crippen LogP contribution >= 0.6 is 0 Å². The number of hydrogen-bond acceptors (Lipinski definition) is 5. The molecule has 9 heteroatoms. The zero-order valence-corrected chi connectivity index (χ0v) is 18.1. The van der Waals surface area contributed by atoms with Crippen LogP contribution in [0.2, 0.25) is 0 Å². The van der Waals surface area contributed by atoms with Crippen molar-refractivity contribution in [3.63, 3.8) is 0 Å². The van der Waals surface area contributed by atoms with Crippen molar-refractivity contribution in [2.75, 3.05) is 19.6 Å². The van der Waals surface area contributed by atoms with Crippen molar-refractivity contribution >= 4 is 17.6 Å². The van der Waals surface area contributed by atoms with Crippen molar-refractivity contribution in [2.24, 2.45) is 5.92 Å². The standard InChI is InChI=1S/C22H27FN4O4/c1-22(2,3)31-21(30)26-9-4-5-14(11-26)19(28)25-10-8-17-16(13-25)20(29)27-12-15(23)6-7-18(27)24-17/h6-7,12,14H,4-5,8-11,13H2,1-3H3. The van der Waals surface area contributed by atoms with E-state index in [9.17, 15) is 18.8 Å². The Morgan fingerprint density at radius 3 is 2.71 bits per heavy atom. The number of carbonyl (C=O) groups is 2. The Bertz CT molecular complexity index is 1090. The van der Waals surface area contributed by atoms with E-state index in [1.807, 2.05) is 20.8 Å². The summed E-state index contributed by atoms with van der Waals surface area (Å²) in [6, 6.07) is 2.74. The molecule has 0 radical (unpaired) electrons. The SMILES string of the molecule is CC(C)(C)OC(=O)N1CCCC(C(=O)N2CCc3nc4ccc(F)cn4c(=O)c3C2)C1. The number of aromatic nitrogens is 2. The molecule has 0 spiro atoms. The molecule has 1 atom stereocenters. The molecular formula is C22H27FN4O4. The maximum absolute atomic E-state index is 13.6. The number of likely N-dealkylation sites (tertiary alicyclic amines) is 1. The second-order valence-corrected chi connectivity index (χ2v) is 9.19. The van der Waals surface area contributed by atoms with E-state index in [0.717, 1.165) is 6.20 Å². The van der Waals surface area contributed by atoms with Crippen molar-refractivity contribution in [3.05, 3.63) is 45.8 Å². The van der Waals surface area contributed by atoms with Crippen LogP contribution in [0.25, 0.3) is 5.65 Å². The molecule has 1 fully saturated rings. The van der Waals surface area contributed by atoms with Crippen LogP contribution in [0.1, 0.15) is 44.9 Å². The first kappa shape index (κ1) is 21.3. The molecule has 1 unspecified atom stereocenters. The molecule has 1 saturated heterocycles. The molecule has 0 N–H and O–H groups in total. The van der Waals surface area contributed by atoms with E-state index in [-0.39, 0.29) is 23.9 Å². The molecule has 2 aliphatic rings. The van der Waals surface area contributed by atoms with Crippen molar-refractivity contribution in [3.8, 4) is 0 Å². The fraction of sp³-hybridized carbons (Fsp3) is 0.545. The average molecular weight is 430 g/mol. The highest BCUT2D eigenvalue weighted by molar-refractivity contribution is 5.80. The van der Waals surface area contributed by atoms with Crippen molar-refractivity contribution in [1.29, 1.82) is 0 Å². The number of halogens is 1. The van der Waals surface area contributed by atoms with Crippen LogP contribution in [-0.2, 0) is 22.5 Å². The number of pyridine rings is 1. The average Bonchev–Trinajstić information content (AvgIpc) is 2.73. The molecule has 0 aliphatic carbocycles. The van der Waals surface area contributed by atoms with E-state index < -0.39 is 17.5 Å². The van der Waals surface area contributed by atoms with Crippen molar-refractivity contribution in [2.45, 2.75) is 52.2 Å². The van der Waals surface area contributed by atoms with Gasteiger partial charge in [-0.2, -0.15) is 0 Å². The Labute approximate surface area is 179 Å². The van der Waals surface area contributed by atoms with Crippen molar-refractivity contribution in [1.82, 2.24) is 19.2 Å². The second-order valence-electron chi connectivity index (χ2n) is 9.19. The summed E-state index contributed by atoms with van der Waals surface area (Å²) in [5.74, 6) is -0.941. The Morgan fingerprint density at radius 1 is 1.19 bits per heavy atom. The molecule has 4 rings (SSSR count). The topological polar surface area (TPSA) is 84.2 Å². The third kappa shape index (κ3) is 4.40. The number of ether oxygens (including phenoxy) is 1. The van der Waals surface area contributed by atoms with Gasteiger partial charge >= 0.3 is 6.09 Å². The molecule has 166 valence electrons. The van der Waals surface area contributed by atoms with Gasteiger partial charge < -0.3 is 14.5 Å². The minimum Gasteiger partial charge on any atom is -0.444 e. The molecule has 0 bridgehead atoms. The summed E-state index contributed by atoms with van der Waals surface area (Å²) in [4.78, 5) is 46.2. The summed E-state index contributed by atoms with van der Waals surface area (Å²) < 4.78 is 20.2. The van der Waals surface area contributed by atoms with Crippen LogP contribution in [0.15, 0.2) is 23.1 Å². The van der Waals surface area contributed by atoms with Gasteiger partial charge in [0.25, 0.3) is 5.56 Å². The number of carbonyl (C=O) groups excluding carboxylic acids is 2. The monoisotopic (exact) mass is 430 g/mol. The first-order chi connectivity index (χ1) is 14.6. The minimum atomic E-state index is -0.595. The molecular weight excluding hydrogens is 403 g/mol. The molecule has 2 amide bonds. The summed E-state index contributed by atoms with van der Waals surface area (Å²) in [5.41, 5.74) is 0.519. The molecule has 4 heterocycles. The predicted octanol–water partition coefficient (Wildman–Crippen LogP) is 2.37. The molecule has 2 aliphatic heterocycles. The molecule has 2 aromatic rings. The maximum atomic E-state index is 13.6. The predicted molar refractivity (Wildman–Crippen MR) is 111 cm³/mol. The maximum Gasteiger partial charge on any atom is 0.410 e. The normalized spacial score (nSPS) is 19.3. The van der Waals surface area contributed by atoms with Crippen LogP contribution in [-0.4, -0.2) is 56.4 Å². The van der Waals surface area contributed by atoms with Gasteiger partial charge in [-0.25, -0.2) is 14.2 Å². The van der Waals surface area contributed by atoms with Crippen LogP contribution in [0, 0.1) is 11.7 Å². The number of rotatable bonds is 1. The summed E-state index contributed by atoms with van der Waals surface area (Å²) in [6.07, 6.45) is 2.57. The first-order valence-electron chi connectivity index (χ1n) is 10.6. The van der Waals surface area contributed by atoms with Gasteiger partial charge in [0.2, 0.25) is 5.91 Å². The Balaban J connectivity index is 1.51. The number of amides is 2. The van der Waals surface area contributed by atoms with E-state index in [0.29, 0.717) is 55.8 Å². The molecule has 2 aromatic heterocycles. The Hall–Kier alpha value is -2.97. The highest BCUT2D eigenvalue weighted by Crippen LogP contribution is 2.24. The van der Waals surface area contributed by atoms with E-state index in [1.54, 1.807) is 9.80 Å². The lowest BCUT2D eigenvalue weighted by atomic mass is 9.95. The van der Waals surface area contributed by atoms with Crippen molar-refractivity contribution < 1.29 is 18.7 Å². The van der Waals surface area contributed by atoms with Gasteiger partial charge in [-0.1, -0.05) is 0 Å². The first-order valence-corrected chi connectivity index (χ1v) is 10.6. The van der Waals surface area contributed by atoms with Gasteiger partial charge in [-0.05, 0) is 45.7 Å². The third-order valence-corrected chi connectivity index (χ3v) is 5.67. The highest BCUT2D eigenvalue weighted by Gasteiger charge is 2.35. The van der Waals surface area contributed by atoms with Crippen LogP contribution in [0.4, 0.5) is 9.18 Å². The van der Waals surface area contributed by atoms with E-state index >= 15 is 0 Å². The van der Waals surface area contributed by atoms with Gasteiger partial charge in [-0.15, -0.1) is 0 Å². The van der Waals surface area contributed by atoms with Crippen LogP contribution in [0.3, 0.4) is 0 Å². The lowest BCUT2D eigenvalue weighted by Crippen LogP contribution is -2.49. The minimum absolute atomic E-state index is 0.0809. The third-order valence-electron chi connectivity index (χ3n) is 5.67. The zero-order valence-electron chi connectivity index (χ0n) is 18.1. The highest BCUT2D eigenvalue weighted by atomic mass is 19.1.